The van der Waals surface area contributed by atoms with Crippen molar-refractivity contribution in [1.29, 1.82) is 0 Å². The summed E-state index contributed by atoms with van der Waals surface area (Å²) in [4.78, 5) is 23.2. The van der Waals surface area contributed by atoms with Gasteiger partial charge in [0, 0.05) is 65.4 Å². The highest BCUT2D eigenvalue weighted by Gasteiger charge is 2.58. The van der Waals surface area contributed by atoms with Gasteiger partial charge < -0.3 is 24.0 Å². The van der Waals surface area contributed by atoms with E-state index >= 15 is 4.79 Å². The average Bonchev–Trinajstić information content (AvgIpc) is 3.35. The van der Waals surface area contributed by atoms with Gasteiger partial charge in [0.25, 0.3) is 15.9 Å². The Hall–Kier alpha value is -4.13. The lowest BCUT2D eigenvalue weighted by Gasteiger charge is -2.34. The van der Waals surface area contributed by atoms with Crippen LogP contribution in [0.5, 0.6) is 17.4 Å². The standard InChI is InChI=1S/C35H35F3IN5O6S/c1-4-49-32-27(9-6-14-40-32)34(41-22-23-7-5-8-25(19-23)43-17-15-42(2)16-18-43)28-20-24(39)10-12-29(28)44(33(34)45)51(46,47)31-13-11-26(48-3)21-30(31)50-35(36,37)38/h5-14,19-21,41H,4,15-18,22H2,1-3H3. The van der Waals surface area contributed by atoms with Crippen molar-refractivity contribution in [3.05, 3.63) is 99.3 Å². The Labute approximate surface area is 307 Å². The van der Waals surface area contributed by atoms with Gasteiger partial charge in [0.05, 0.1) is 19.4 Å². The van der Waals surface area contributed by atoms with Crippen LogP contribution in [0.2, 0.25) is 0 Å². The summed E-state index contributed by atoms with van der Waals surface area (Å²) >= 11 is 2.06. The van der Waals surface area contributed by atoms with E-state index in [0.29, 0.717) is 7.88 Å². The molecule has 0 spiro atoms. The number of rotatable bonds is 11. The van der Waals surface area contributed by atoms with E-state index in [2.05, 4.69) is 54.5 Å². The van der Waals surface area contributed by atoms with E-state index < -0.39 is 38.5 Å². The number of carbonyl (C=O) groups is 1. The van der Waals surface area contributed by atoms with Gasteiger partial charge in [-0.1, -0.05) is 12.1 Å². The fourth-order valence-corrected chi connectivity index (χ4v) is 8.41. The Kier molecular flexibility index (Phi) is 10.4. The van der Waals surface area contributed by atoms with E-state index in [-0.39, 0.29) is 41.6 Å². The van der Waals surface area contributed by atoms with Crippen LogP contribution in [-0.2, 0) is 26.9 Å². The molecule has 1 fully saturated rings. The molecule has 2 aliphatic rings. The molecule has 1 saturated heterocycles. The highest BCUT2D eigenvalue weighted by atomic mass is 127. The minimum atomic E-state index is -5.24. The lowest BCUT2D eigenvalue weighted by atomic mass is 9.84. The van der Waals surface area contributed by atoms with Crippen molar-refractivity contribution in [3.8, 4) is 17.4 Å². The number of alkyl halides is 3. The second-order valence-corrected chi connectivity index (χ2v) is 15.0. The molecular weight excluding hydrogens is 802 g/mol. The number of ether oxygens (including phenoxy) is 3. The maximum atomic E-state index is 15.2. The van der Waals surface area contributed by atoms with Gasteiger partial charge in [-0.15, -0.1) is 13.2 Å². The van der Waals surface area contributed by atoms with Crippen molar-refractivity contribution in [2.45, 2.75) is 30.3 Å². The SMILES string of the molecule is CCOc1ncccc1C1(NCc2cccc(N3CCN(C)CC3)c2)C(=O)N(S(=O)(=O)c2ccc(OC)cc2OC(F)(F)F)c2ccc(I)cc21. The number of hydrogen-bond acceptors (Lipinski definition) is 10. The molecule has 1 N–H and O–H groups in total. The second-order valence-electron chi connectivity index (χ2n) is 11.9. The van der Waals surface area contributed by atoms with Crippen molar-refractivity contribution >= 4 is 49.9 Å². The first-order valence-electron chi connectivity index (χ1n) is 16.0. The van der Waals surface area contributed by atoms with Crippen LogP contribution < -0.4 is 28.7 Å². The Morgan fingerprint density at radius 1 is 0.980 bits per heavy atom. The third-order valence-electron chi connectivity index (χ3n) is 8.77. The summed E-state index contributed by atoms with van der Waals surface area (Å²) in [5, 5.41) is 3.38. The number of pyridine rings is 1. The molecule has 3 aromatic carbocycles. The zero-order valence-corrected chi connectivity index (χ0v) is 30.9. The number of carbonyl (C=O) groups excluding carboxylic acids is 1. The van der Waals surface area contributed by atoms with Crippen molar-refractivity contribution in [2.75, 3.05) is 56.1 Å². The molecule has 1 atom stereocenters. The van der Waals surface area contributed by atoms with E-state index in [1.54, 1.807) is 31.2 Å². The first kappa shape index (κ1) is 36.7. The van der Waals surface area contributed by atoms with E-state index in [1.807, 2.05) is 24.3 Å². The van der Waals surface area contributed by atoms with Gasteiger partial charge in [-0.05, 0) is 96.7 Å². The normalized spacial score (nSPS) is 18.1. The number of nitrogens with one attached hydrogen (secondary N) is 1. The zero-order chi connectivity index (χ0) is 36.6. The highest BCUT2D eigenvalue weighted by molar-refractivity contribution is 14.1. The maximum absolute atomic E-state index is 15.2. The van der Waals surface area contributed by atoms with Gasteiger partial charge in [-0.25, -0.2) is 17.7 Å². The van der Waals surface area contributed by atoms with Crippen LogP contribution in [0.25, 0.3) is 0 Å². The van der Waals surface area contributed by atoms with Crippen molar-refractivity contribution < 1.29 is 40.6 Å². The number of fused-ring (bicyclic) bond motifs is 1. The van der Waals surface area contributed by atoms with E-state index in [9.17, 15) is 21.6 Å². The third kappa shape index (κ3) is 7.18. The fourth-order valence-electron chi connectivity index (χ4n) is 6.35. The summed E-state index contributed by atoms with van der Waals surface area (Å²) in [6.07, 6.45) is -3.75. The molecule has 0 radical (unpaired) electrons. The Morgan fingerprint density at radius 2 is 1.75 bits per heavy atom. The predicted molar refractivity (Wildman–Crippen MR) is 193 cm³/mol. The molecule has 0 aliphatic carbocycles. The molecule has 2 aliphatic heterocycles. The number of halogens is 4. The number of sulfonamides is 1. The van der Waals surface area contributed by atoms with Crippen LogP contribution in [-0.4, -0.2) is 77.5 Å². The van der Waals surface area contributed by atoms with Gasteiger partial charge in [-0.3, -0.25) is 10.1 Å². The smallest absolute Gasteiger partial charge is 0.497 e. The summed E-state index contributed by atoms with van der Waals surface area (Å²) in [7, 11) is -1.78. The molecular formula is C35H35F3IN5O6S. The topological polar surface area (TPSA) is 114 Å². The monoisotopic (exact) mass is 837 g/mol. The summed E-state index contributed by atoms with van der Waals surface area (Å²) < 4.78 is 86.2. The van der Waals surface area contributed by atoms with Gasteiger partial charge in [-0.2, -0.15) is 0 Å². The molecule has 6 rings (SSSR count). The number of likely N-dealkylation sites (N-methyl/N-ethyl adjacent to an activating group) is 1. The summed E-state index contributed by atoms with van der Waals surface area (Å²) in [6, 6.07) is 18.7. The number of piperazine rings is 1. The largest absolute Gasteiger partial charge is 0.573 e. The lowest BCUT2D eigenvalue weighted by Crippen LogP contribution is -2.52. The minimum Gasteiger partial charge on any atom is -0.497 e. The number of benzene rings is 3. The Balaban J connectivity index is 1.51. The van der Waals surface area contributed by atoms with Gasteiger partial charge >= 0.3 is 6.36 Å². The van der Waals surface area contributed by atoms with Crippen LogP contribution >= 0.6 is 22.6 Å². The van der Waals surface area contributed by atoms with E-state index in [1.165, 1.54) is 25.4 Å². The molecule has 11 nitrogen and oxygen atoms in total. The maximum Gasteiger partial charge on any atom is 0.573 e. The lowest BCUT2D eigenvalue weighted by molar-refractivity contribution is -0.275. The summed E-state index contributed by atoms with van der Waals surface area (Å²) in [6.45, 7) is 5.53. The van der Waals surface area contributed by atoms with Crippen molar-refractivity contribution in [2.24, 2.45) is 0 Å². The van der Waals surface area contributed by atoms with Crippen LogP contribution in [0.3, 0.4) is 0 Å². The molecule has 1 amide bonds. The number of aromatic nitrogens is 1. The van der Waals surface area contributed by atoms with Crippen LogP contribution in [0.1, 0.15) is 23.6 Å². The van der Waals surface area contributed by atoms with Gasteiger partial charge in [0.15, 0.2) is 11.3 Å². The van der Waals surface area contributed by atoms with Crippen molar-refractivity contribution in [3.63, 3.8) is 0 Å². The van der Waals surface area contributed by atoms with Crippen LogP contribution in [0.15, 0.2) is 83.9 Å². The third-order valence-corrected chi connectivity index (χ3v) is 11.2. The number of methoxy groups -OCH3 is 1. The minimum absolute atomic E-state index is 0.0563. The number of amides is 1. The first-order chi connectivity index (χ1) is 24.3. The van der Waals surface area contributed by atoms with Crippen molar-refractivity contribution in [1.82, 2.24) is 15.2 Å². The Bertz CT molecular complexity index is 2040. The van der Waals surface area contributed by atoms with Crippen LogP contribution in [0, 0.1) is 3.57 Å². The van der Waals surface area contributed by atoms with Gasteiger partial charge in [0.2, 0.25) is 5.88 Å². The zero-order valence-electron chi connectivity index (χ0n) is 27.9. The second kappa shape index (κ2) is 14.5. The highest BCUT2D eigenvalue weighted by Crippen LogP contribution is 2.50. The summed E-state index contributed by atoms with van der Waals surface area (Å²) in [5.41, 5.74) is 0.322. The first-order valence-corrected chi connectivity index (χ1v) is 18.5. The molecule has 51 heavy (non-hydrogen) atoms. The molecule has 270 valence electrons. The number of nitrogens with zero attached hydrogens (tertiary/aromatic N) is 4. The Morgan fingerprint density at radius 3 is 2.45 bits per heavy atom. The predicted octanol–water partition coefficient (Wildman–Crippen LogP) is 5.51. The number of anilines is 2. The van der Waals surface area contributed by atoms with Crippen LogP contribution in [0.4, 0.5) is 24.5 Å². The molecule has 3 heterocycles. The number of hydrogen-bond donors (Lipinski definition) is 1. The summed E-state index contributed by atoms with van der Waals surface area (Å²) in [5.74, 6) is -2.04. The van der Waals surface area contributed by atoms with Gasteiger partial charge in [0.1, 0.15) is 10.6 Å². The van der Waals surface area contributed by atoms with E-state index in [0.717, 1.165) is 49.6 Å². The molecule has 1 unspecified atom stereocenters. The molecule has 16 heteroatoms. The molecule has 4 aromatic rings. The molecule has 0 bridgehead atoms. The van der Waals surface area contributed by atoms with E-state index in [4.69, 9.17) is 9.47 Å². The molecule has 1 aromatic heterocycles. The molecule has 0 saturated carbocycles. The average molecular weight is 838 g/mol. The quantitative estimate of drug-likeness (QED) is 0.194. The fraction of sp³-hybridized carbons (Fsp3) is 0.314.